The Labute approximate surface area is 112 Å². The fraction of sp³-hybridized carbons (Fsp3) is 0.500. The average molecular weight is 270 g/mol. The summed E-state index contributed by atoms with van der Waals surface area (Å²) in [6, 6.07) is 4.73. The highest BCUT2D eigenvalue weighted by molar-refractivity contribution is 6.18. The van der Waals surface area contributed by atoms with Crippen LogP contribution in [0.2, 0.25) is 0 Å². The van der Waals surface area contributed by atoms with Gasteiger partial charge in [-0.15, -0.1) is 11.6 Å². The van der Waals surface area contributed by atoms with Crippen LogP contribution in [0.5, 0.6) is 0 Å². The number of halogens is 2. The standard InChI is InChI=1S/C14H17ClFNO/c1-9-5-6-11(12(16)7-9)14(18)17-13-4-2-3-10(13)8-15/h5-7,10,13H,2-4,8H2,1H3,(H,17,18). The van der Waals surface area contributed by atoms with Crippen LogP contribution in [-0.2, 0) is 0 Å². The smallest absolute Gasteiger partial charge is 0.254 e. The third-order valence-corrected chi connectivity index (χ3v) is 3.94. The Bertz CT molecular complexity index is 449. The molecule has 2 rings (SSSR count). The molecule has 1 amide bonds. The van der Waals surface area contributed by atoms with Gasteiger partial charge in [-0.05, 0) is 43.4 Å². The maximum atomic E-state index is 13.7. The van der Waals surface area contributed by atoms with E-state index in [9.17, 15) is 9.18 Å². The molecule has 0 aromatic heterocycles. The van der Waals surface area contributed by atoms with Gasteiger partial charge in [0.2, 0.25) is 0 Å². The molecule has 1 aromatic rings. The van der Waals surface area contributed by atoms with Gasteiger partial charge in [-0.25, -0.2) is 4.39 Å². The highest BCUT2D eigenvalue weighted by Gasteiger charge is 2.28. The number of carbonyl (C=O) groups excluding carboxylic acids is 1. The first-order valence-corrected chi connectivity index (χ1v) is 6.78. The van der Waals surface area contributed by atoms with E-state index in [2.05, 4.69) is 5.32 Å². The minimum Gasteiger partial charge on any atom is -0.349 e. The van der Waals surface area contributed by atoms with Gasteiger partial charge in [0.05, 0.1) is 5.56 Å². The molecule has 4 heteroatoms. The lowest BCUT2D eigenvalue weighted by Crippen LogP contribution is -2.38. The second-order valence-corrected chi connectivity index (χ2v) is 5.22. The molecule has 0 heterocycles. The van der Waals surface area contributed by atoms with Crippen LogP contribution in [-0.4, -0.2) is 17.8 Å². The zero-order valence-corrected chi connectivity index (χ0v) is 11.1. The third-order valence-electron chi connectivity index (χ3n) is 3.54. The lowest BCUT2D eigenvalue weighted by molar-refractivity contribution is 0.0926. The molecular formula is C14H17ClFNO. The molecule has 0 spiro atoms. The lowest BCUT2D eigenvalue weighted by Gasteiger charge is -2.19. The van der Waals surface area contributed by atoms with Gasteiger partial charge < -0.3 is 5.32 Å². The van der Waals surface area contributed by atoms with Crippen LogP contribution < -0.4 is 5.32 Å². The first-order valence-electron chi connectivity index (χ1n) is 6.25. The molecule has 1 saturated carbocycles. The van der Waals surface area contributed by atoms with E-state index in [0.29, 0.717) is 11.8 Å². The number of carbonyl (C=O) groups is 1. The predicted molar refractivity (Wildman–Crippen MR) is 70.5 cm³/mol. The number of amides is 1. The number of hydrogen-bond donors (Lipinski definition) is 1. The summed E-state index contributed by atoms with van der Waals surface area (Å²) in [5.41, 5.74) is 0.921. The van der Waals surface area contributed by atoms with Crippen molar-refractivity contribution in [1.82, 2.24) is 5.32 Å². The lowest BCUT2D eigenvalue weighted by atomic mass is 10.1. The van der Waals surface area contributed by atoms with Gasteiger partial charge in [-0.3, -0.25) is 4.79 Å². The zero-order chi connectivity index (χ0) is 13.1. The van der Waals surface area contributed by atoms with Crippen molar-refractivity contribution in [2.24, 2.45) is 5.92 Å². The van der Waals surface area contributed by atoms with Crippen molar-refractivity contribution in [1.29, 1.82) is 0 Å². The van der Waals surface area contributed by atoms with Crippen LogP contribution in [0.4, 0.5) is 4.39 Å². The second-order valence-electron chi connectivity index (χ2n) is 4.91. The molecule has 0 bridgehead atoms. The van der Waals surface area contributed by atoms with Crippen molar-refractivity contribution in [3.05, 3.63) is 35.1 Å². The number of alkyl halides is 1. The van der Waals surface area contributed by atoms with Crippen LogP contribution >= 0.6 is 11.6 Å². The molecular weight excluding hydrogens is 253 g/mol. The predicted octanol–water partition coefficient (Wildman–Crippen LogP) is 3.27. The molecule has 1 fully saturated rings. The summed E-state index contributed by atoms with van der Waals surface area (Å²) in [6.45, 7) is 1.80. The summed E-state index contributed by atoms with van der Waals surface area (Å²) in [5.74, 6) is 0.0491. The Hall–Kier alpha value is -1.09. The van der Waals surface area contributed by atoms with Crippen molar-refractivity contribution in [3.63, 3.8) is 0 Å². The second kappa shape index (κ2) is 5.70. The Morgan fingerprint density at radius 3 is 2.94 bits per heavy atom. The summed E-state index contributed by atoms with van der Waals surface area (Å²) in [4.78, 5) is 12.0. The Kier molecular flexibility index (Phi) is 4.23. The van der Waals surface area contributed by atoms with Gasteiger partial charge in [0.15, 0.2) is 0 Å². The minimum atomic E-state index is -0.465. The first-order chi connectivity index (χ1) is 8.61. The third kappa shape index (κ3) is 2.83. The topological polar surface area (TPSA) is 29.1 Å². The van der Waals surface area contributed by atoms with Gasteiger partial charge in [-0.1, -0.05) is 12.5 Å². The highest BCUT2D eigenvalue weighted by atomic mass is 35.5. The summed E-state index contributed by atoms with van der Waals surface area (Å²) >= 11 is 5.86. The van der Waals surface area contributed by atoms with Gasteiger partial charge in [0.25, 0.3) is 5.91 Å². The average Bonchev–Trinajstić information content (AvgIpc) is 2.76. The first kappa shape index (κ1) is 13.3. The van der Waals surface area contributed by atoms with E-state index in [4.69, 9.17) is 11.6 Å². The van der Waals surface area contributed by atoms with Crippen LogP contribution in [0.15, 0.2) is 18.2 Å². The van der Waals surface area contributed by atoms with Crippen molar-refractivity contribution in [2.45, 2.75) is 32.2 Å². The van der Waals surface area contributed by atoms with E-state index in [1.54, 1.807) is 13.0 Å². The Morgan fingerprint density at radius 2 is 2.28 bits per heavy atom. The zero-order valence-electron chi connectivity index (χ0n) is 10.4. The summed E-state index contributed by atoms with van der Waals surface area (Å²) in [6.07, 6.45) is 3.03. The molecule has 18 heavy (non-hydrogen) atoms. The quantitative estimate of drug-likeness (QED) is 0.839. The molecule has 1 aliphatic rings. The van der Waals surface area contributed by atoms with Gasteiger partial charge in [-0.2, -0.15) is 0 Å². The Morgan fingerprint density at radius 1 is 1.50 bits per heavy atom. The van der Waals surface area contributed by atoms with Crippen molar-refractivity contribution >= 4 is 17.5 Å². The summed E-state index contributed by atoms with van der Waals surface area (Å²) in [5, 5.41) is 2.89. The molecule has 2 unspecified atom stereocenters. The molecule has 1 aromatic carbocycles. The van der Waals surface area contributed by atoms with Crippen LogP contribution in [0.1, 0.15) is 35.2 Å². The molecule has 0 aliphatic heterocycles. The fourth-order valence-electron chi connectivity index (χ4n) is 2.46. The fourth-order valence-corrected chi connectivity index (χ4v) is 2.83. The molecule has 98 valence electrons. The van der Waals surface area contributed by atoms with Crippen molar-refractivity contribution in [3.8, 4) is 0 Å². The SMILES string of the molecule is Cc1ccc(C(=O)NC2CCCC2CCl)c(F)c1. The van der Waals surface area contributed by atoms with Gasteiger partial charge in [0.1, 0.15) is 5.82 Å². The maximum Gasteiger partial charge on any atom is 0.254 e. The summed E-state index contributed by atoms with van der Waals surface area (Å²) < 4.78 is 13.7. The normalized spacial score (nSPS) is 23.1. The van der Waals surface area contributed by atoms with Crippen LogP contribution in [0.25, 0.3) is 0 Å². The molecule has 0 radical (unpaired) electrons. The number of hydrogen-bond acceptors (Lipinski definition) is 1. The Balaban J connectivity index is 2.07. The number of rotatable bonds is 3. The van der Waals surface area contributed by atoms with Crippen LogP contribution in [0, 0.1) is 18.7 Å². The highest BCUT2D eigenvalue weighted by Crippen LogP contribution is 2.27. The van der Waals surface area contributed by atoms with E-state index >= 15 is 0 Å². The maximum absolute atomic E-state index is 13.7. The van der Waals surface area contributed by atoms with E-state index < -0.39 is 5.82 Å². The number of nitrogens with one attached hydrogen (secondary N) is 1. The summed E-state index contributed by atoms with van der Waals surface area (Å²) in [7, 11) is 0. The van der Waals surface area contributed by atoms with E-state index in [1.807, 2.05) is 0 Å². The van der Waals surface area contributed by atoms with Gasteiger partial charge in [0, 0.05) is 11.9 Å². The molecule has 2 nitrogen and oxygen atoms in total. The van der Waals surface area contributed by atoms with E-state index in [0.717, 1.165) is 24.8 Å². The number of benzene rings is 1. The van der Waals surface area contributed by atoms with Gasteiger partial charge >= 0.3 is 0 Å². The monoisotopic (exact) mass is 269 g/mol. The molecule has 1 aliphatic carbocycles. The van der Waals surface area contributed by atoms with E-state index in [-0.39, 0.29) is 17.5 Å². The van der Waals surface area contributed by atoms with Crippen LogP contribution in [0.3, 0.4) is 0 Å². The largest absolute Gasteiger partial charge is 0.349 e. The molecule has 0 saturated heterocycles. The number of aryl methyl sites for hydroxylation is 1. The molecule has 2 atom stereocenters. The minimum absolute atomic E-state index is 0.0794. The molecule has 1 N–H and O–H groups in total. The van der Waals surface area contributed by atoms with E-state index in [1.165, 1.54) is 12.1 Å². The van der Waals surface area contributed by atoms with Crippen molar-refractivity contribution in [2.75, 3.05) is 5.88 Å². The van der Waals surface area contributed by atoms with Crippen molar-refractivity contribution < 1.29 is 9.18 Å².